The Morgan fingerprint density at radius 3 is 2.47 bits per heavy atom. The van der Waals surface area contributed by atoms with E-state index in [0.29, 0.717) is 5.02 Å². The largest absolute Gasteiger partial charge is 0.356 e. The molecule has 150 valence electrons. The second kappa shape index (κ2) is 7.58. The van der Waals surface area contributed by atoms with Crippen LogP contribution in [0, 0.1) is 20.8 Å². The first-order chi connectivity index (χ1) is 14.5. The molecule has 0 amide bonds. The van der Waals surface area contributed by atoms with Crippen LogP contribution >= 0.6 is 34.7 Å². The second-order valence-corrected chi connectivity index (χ2v) is 9.67. The van der Waals surface area contributed by atoms with Gasteiger partial charge in [-0.05, 0) is 67.9 Å². The summed E-state index contributed by atoms with van der Waals surface area (Å²) in [4.78, 5) is 8.20. The van der Waals surface area contributed by atoms with Crippen LogP contribution in [0.4, 0.5) is 0 Å². The van der Waals surface area contributed by atoms with Crippen LogP contribution in [0.15, 0.2) is 58.0 Å². The van der Waals surface area contributed by atoms with Crippen LogP contribution in [0.5, 0.6) is 0 Å². The Kier molecular flexibility index (Phi) is 4.89. The van der Waals surface area contributed by atoms with Crippen LogP contribution in [0.3, 0.4) is 0 Å². The molecule has 2 aromatic carbocycles. The molecule has 0 atom stereocenters. The summed E-state index contributed by atoms with van der Waals surface area (Å²) in [6, 6.07) is 16.0. The van der Waals surface area contributed by atoms with E-state index < -0.39 is 0 Å². The van der Waals surface area contributed by atoms with E-state index in [0.717, 1.165) is 42.6 Å². The van der Waals surface area contributed by atoms with Crippen molar-refractivity contribution in [3.8, 4) is 17.2 Å². The van der Waals surface area contributed by atoms with E-state index in [-0.39, 0.29) is 0 Å². The molecule has 0 radical (unpaired) electrons. The third-order valence-corrected chi connectivity index (χ3v) is 7.55. The number of aromatic nitrogens is 5. The molecule has 3 heterocycles. The summed E-state index contributed by atoms with van der Waals surface area (Å²) >= 11 is 9.42. The van der Waals surface area contributed by atoms with E-state index >= 15 is 0 Å². The van der Waals surface area contributed by atoms with Gasteiger partial charge in [0.15, 0.2) is 10.2 Å². The monoisotopic (exact) mass is 451 g/mol. The Bertz CT molecular complexity index is 1370. The zero-order chi connectivity index (χ0) is 20.8. The Balaban J connectivity index is 1.65. The van der Waals surface area contributed by atoms with Gasteiger partial charge in [-0.3, -0.25) is 4.57 Å². The lowest BCUT2D eigenvalue weighted by atomic mass is 10.1. The highest BCUT2D eigenvalue weighted by Crippen LogP contribution is 2.38. The van der Waals surface area contributed by atoms with E-state index in [4.69, 9.17) is 16.6 Å². The molecule has 0 aliphatic heterocycles. The smallest absolute Gasteiger partial charge is 0.203 e. The standard InChI is InChI=1S/C22H18ClN5S2/c1-12-13(2)18(24-14(12)3)20-26-27-21(28(20)15-8-5-4-6-9-15)30-22-25-19-16(23)10-7-11-17(19)29-22/h4-11,24H,1-3H3. The van der Waals surface area contributed by atoms with E-state index in [9.17, 15) is 0 Å². The predicted molar refractivity (Wildman–Crippen MR) is 124 cm³/mol. The van der Waals surface area contributed by atoms with E-state index in [1.54, 1.807) is 11.3 Å². The van der Waals surface area contributed by atoms with Gasteiger partial charge in [-0.25, -0.2) is 4.98 Å². The van der Waals surface area contributed by atoms with Gasteiger partial charge in [0.1, 0.15) is 5.52 Å². The van der Waals surface area contributed by atoms with Crippen molar-refractivity contribution in [2.24, 2.45) is 0 Å². The molecule has 5 nitrogen and oxygen atoms in total. The van der Waals surface area contributed by atoms with Gasteiger partial charge in [-0.1, -0.05) is 35.9 Å². The fraction of sp³-hybridized carbons (Fsp3) is 0.136. The molecule has 0 aliphatic carbocycles. The third kappa shape index (κ3) is 3.23. The Morgan fingerprint density at radius 2 is 1.77 bits per heavy atom. The summed E-state index contributed by atoms with van der Waals surface area (Å²) in [6.07, 6.45) is 0. The molecule has 5 rings (SSSR count). The fourth-order valence-electron chi connectivity index (χ4n) is 3.39. The quantitative estimate of drug-likeness (QED) is 0.334. The first-order valence-electron chi connectivity index (χ1n) is 9.43. The van der Waals surface area contributed by atoms with E-state index in [2.05, 4.69) is 52.7 Å². The molecule has 3 aromatic heterocycles. The predicted octanol–water partition coefficient (Wildman–Crippen LogP) is 6.60. The number of hydrogen-bond donors (Lipinski definition) is 1. The molecule has 0 bridgehead atoms. The fourth-order valence-corrected chi connectivity index (χ4v) is 5.71. The average molecular weight is 452 g/mol. The molecule has 0 saturated carbocycles. The highest BCUT2D eigenvalue weighted by Gasteiger charge is 2.22. The normalized spacial score (nSPS) is 11.5. The summed E-state index contributed by atoms with van der Waals surface area (Å²) in [5.41, 5.74) is 6.37. The van der Waals surface area contributed by atoms with Crippen LogP contribution in [0.1, 0.15) is 16.8 Å². The van der Waals surface area contributed by atoms with E-state index in [1.165, 1.54) is 22.9 Å². The molecule has 8 heteroatoms. The van der Waals surface area contributed by atoms with Crippen molar-refractivity contribution in [1.29, 1.82) is 0 Å². The number of rotatable bonds is 4. The molecular formula is C22H18ClN5S2. The van der Waals surface area contributed by atoms with Crippen molar-refractivity contribution in [2.45, 2.75) is 30.3 Å². The molecule has 1 N–H and O–H groups in total. The Labute approximate surface area is 187 Å². The highest BCUT2D eigenvalue weighted by molar-refractivity contribution is 8.01. The van der Waals surface area contributed by atoms with Gasteiger partial charge >= 0.3 is 0 Å². The summed E-state index contributed by atoms with van der Waals surface area (Å²) in [5.74, 6) is 0.788. The number of hydrogen-bond acceptors (Lipinski definition) is 5. The number of fused-ring (bicyclic) bond motifs is 1. The zero-order valence-electron chi connectivity index (χ0n) is 16.6. The summed E-state index contributed by atoms with van der Waals surface area (Å²) in [7, 11) is 0. The van der Waals surface area contributed by atoms with Crippen LogP contribution < -0.4 is 0 Å². The lowest BCUT2D eigenvalue weighted by molar-refractivity contribution is 0.884. The molecule has 0 saturated heterocycles. The van der Waals surface area contributed by atoms with Gasteiger partial charge in [-0.15, -0.1) is 21.5 Å². The van der Waals surface area contributed by atoms with Crippen LogP contribution in [0.25, 0.3) is 27.4 Å². The number of thiazole rings is 1. The van der Waals surface area contributed by atoms with Gasteiger partial charge in [0.05, 0.1) is 15.4 Å². The SMILES string of the molecule is Cc1[nH]c(-c2nnc(Sc3nc4c(Cl)cccc4s3)n2-c2ccccc2)c(C)c1C. The summed E-state index contributed by atoms with van der Waals surface area (Å²) < 4.78 is 4.02. The Hall–Kier alpha value is -2.61. The van der Waals surface area contributed by atoms with Crippen molar-refractivity contribution in [1.82, 2.24) is 24.7 Å². The lowest BCUT2D eigenvalue weighted by Gasteiger charge is -2.09. The van der Waals surface area contributed by atoms with Crippen molar-refractivity contribution >= 4 is 44.9 Å². The zero-order valence-corrected chi connectivity index (χ0v) is 19.0. The maximum atomic E-state index is 6.32. The number of benzene rings is 2. The molecule has 5 aromatic rings. The first kappa shape index (κ1) is 19.4. The van der Waals surface area contributed by atoms with Gasteiger partial charge in [0.2, 0.25) is 5.16 Å². The van der Waals surface area contributed by atoms with Crippen molar-refractivity contribution in [3.05, 3.63) is 70.4 Å². The number of nitrogens with one attached hydrogen (secondary N) is 1. The number of halogens is 1. The number of aryl methyl sites for hydroxylation is 1. The molecule has 0 fully saturated rings. The summed E-state index contributed by atoms with van der Waals surface area (Å²) in [5, 5.41) is 10.5. The number of nitrogens with zero attached hydrogens (tertiary/aromatic N) is 4. The minimum absolute atomic E-state index is 0.661. The number of aromatic amines is 1. The van der Waals surface area contributed by atoms with Gasteiger partial charge in [-0.2, -0.15) is 0 Å². The minimum Gasteiger partial charge on any atom is -0.356 e. The van der Waals surface area contributed by atoms with Crippen molar-refractivity contribution in [2.75, 3.05) is 0 Å². The molecular weight excluding hydrogens is 434 g/mol. The molecule has 0 unspecified atom stereocenters. The van der Waals surface area contributed by atoms with Gasteiger partial charge < -0.3 is 4.98 Å². The van der Waals surface area contributed by atoms with Crippen molar-refractivity contribution < 1.29 is 0 Å². The number of H-pyrrole nitrogens is 1. The summed E-state index contributed by atoms with van der Waals surface area (Å²) in [6.45, 7) is 6.31. The lowest BCUT2D eigenvalue weighted by Crippen LogP contribution is -2.00. The van der Waals surface area contributed by atoms with Crippen LogP contribution in [0.2, 0.25) is 5.02 Å². The second-order valence-electron chi connectivity index (χ2n) is 7.02. The van der Waals surface area contributed by atoms with E-state index in [1.807, 2.05) is 36.4 Å². The number of para-hydroxylation sites is 2. The molecule has 30 heavy (non-hydrogen) atoms. The third-order valence-electron chi connectivity index (χ3n) is 5.21. The topological polar surface area (TPSA) is 59.4 Å². The van der Waals surface area contributed by atoms with Gasteiger partial charge in [0.25, 0.3) is 0 Å². The van der Waals surface area contributed by atoms with Gasteiger partial charge in [0, 0.05) is 11.4 Å². The Morgan fingerprint density at radius 1 is 0.967 bits per heavy atom. The minimum atomic E-state index is 0.661. The molecule has 0 aliphatic rings. The van der Waals surface area contributed by atoms with Crippen LogP contribution in [-0.2, 0) is 0 Å². The first-order valence-corrected chi connectivity index (χ1v) is 11.4. The van der Waals surface area contributed by atoms with Crippen LogP contribution in [-0.4, -0.2) is 24.7 Å². The average Bonchev–Trinajstić information content (AvgIpc) is 3.42. The maximum absolute atomic E-state index is 6.32. The van der Waals surface area contributed by atoms with Crippen molar-refractivity contribution in [3.63, 3.8) is 0 Å². The highest BCUT2D eigenvalue weighted by atomic mass is 35.5. The molecule has 0 spiro atoms. The maximum Gasteiger partial charge on any atom is 0.203 e.